The molecule has 0 saturated carbocycles. The summed E-state index contributed by atoms with van der Waals surface area (Å²) in [5.41, 5.74) is 3.81. The summed E-state index contributed by atoms with van der Waals surface area (Å²) in [6.07, 6.45) is 8.20. The van der Waals surface area contributed by atoms with Crippen LogP contribution >= 0.6 is 0 Å². The molecule has 1 heteroatoms. The molecule has 1 N–H and O–H groups in total. The molecule has 1 aliphatic rings. The Kier molecular flexibility index (Phi) is 5.01. The van der Waals surface area contributed by atoms with Crippen molar-refractivity contribution in [2.75, 3.05) is 0 Å². The molecule has 0 aromatic heterocycles. The predicted molar refractivity (Wildman–Crippen MR) is 70.3 cm³/mol. The van der Waals surface area contributed by atoms with Crippen molar-refractivity contribution in [3.8, 4) is 0 Å². The first-order chi connectivity index (χ1) is 7.50. The molecule has 0 radical (unpaired) electrons. The van der Waals surface area contributed by atoms with Crippen LogP contribution in [0.15, 0.2) is 35.5 Å². The van der Waals surface area contributed by atoms with Gasteiger partial charge >= 0.3 is 0 Å². The molecule has 0 aromatic rings. The lowest BCUT2D eigenvalue weighted by atomic mass is 9.87. The summed E-state index contributed by atoms with van der Waals surface area (Å²) in [5, 5.41) is 10.2. The van der Waals surface area contributed by atoms with Gasteiger partial charge in [-0.05, 0) is 46.5 Å². The van der Waals surface area contributed by atoms with E-state index in [2.05, 4.69) is 26.5 Å². The maximum Gasteiger partial charge on any atom is 0.0788 e. The van der Waals surface area contributed by atoms with Crippen LogP contribution in [0.5, 0.6) is 0 Å². The van der Waals surface area contributed by atoms with E-state index in [1.807, 2.05) is 13.0 Å². The number of aliphatic hydroxyl groups excluding tert-OH is 1. The molecule has 0 spiro atoms. The number of rotatable bonds is 1. The van der Waals surface area contributed by atoms with Gasteiger partial charge in [-0.15, -0.1) is 0 Å². The SMILES string of the molecule is C=C(C)[C@@H]1CC/C(C)=C/CC/C(C)=C/[C@H]1O. The second kappa shape index (κ2) is 6.05. The standard InChI is InChI=1S/C15H24O/c1-11(2)14-9-8-12(3)6-5-7-13(4)10-15(14)16/h6,10,14-16H,1,5,7-9H2,2-4H3/b12-6+,13-10+/t14-,15+/m0/s1. The zero-order valence-electron chi connectivity index (χ0n) is 10.8. The largest absolute Gasteiger partial charge is 0.388 e. The van der Waals surface area contributed by atoms with Crippen molar-refractivity contribution >= 4 is 0 Å². The van der Waals surface area contributed by atoms with E-state index in [0.717, 1.165) is 31.3 Å². The van der Waals surface area contributed by atoms with Gasteiger partial charge in [-0.3, -0.25) is 0 Å². The van der Waals surface area contributed by atoms with Crippen molar-refractivity contribution in [2.45, 2.75) is 52.6 Å². The molecule has 1 rings (SSSR count). The van der Waals surface area contributed by atoms with Crippen LogP contribution in [0.3, 0.4) is 0 Å². The van der Waals surface area contributed by atoms with Gasteiger partial charge in [0.2, 0.25) is 0 Å². The lowest BCUT2D eigenvalue weighted by Gasteiger charge is -2.22. The lowest BCUT2D eigenvalue weighted by Crippen LogP contribution is -2.20. The third kappa shape index (κ3) is 3.97. The Labute approximate surface area is 99.6 Å². The van der Waals surface area contributed by atoms with Crippen LogP contribution in [0.2, 0.25) is 0 Å². The van der Waals surface area contributed by atoms with Gasteiger partial charge in [-0.2, -0.15) is 0 Å². The Morgan fingerprint density at radius 3 is 2.62 bits per heavy atom. The molecule has 1 nitrogen and oxygen atoms in total. The van der Waals surface area contributed by atoms with Crippen molar-refractivity contribution < 1.29 is 5.11 Å². The van der Waals surface area contributed by atoms with Crippen molar-refractivity contribution in [3.05, 3.63) is 35.5 Å². The first-order valence-corrected chi connectivity index (χ1v) is 6.17. The average Bonchev–Trinajstić information content (AvgIpc) is 2.16. The first-order valence-electron chi connectivity index (χ1n) is 6.17. The monoisotopic (exact) mass is 220 g/mol. The Hall–Kier alpha value is -0.820. The summed E-state index contributed by atoms with van der Waals surface area (Å²) < 4.78 is 0. The van der Waals surface area contributed by atoms with Crippen LogP contribution in [0, 0.1) is 5.92 Å². The van der Waals surface area contributed by atoms with Gasteiger partial charge in [0.15, 0.2) is 0 Å². The van der Waals surface area contributed by atoms with Gasteiger partial charge < -0.3 is 5.11 Å². The zero-order valence-corrected chi connectivity index (χ0v) is 10.8. The normalized spacial score (nSPS) is 34.5. The van der Waals surface area contributed by atoms with E-state index >= 15 is 0 Å². The fourth-order valence-electron chi connectivity index (χ4n) is 2.23. The maximum atomic E-state index is 10.2. The summed E-state index contributed by atoms with van der Waals surface area (Å²) >= 11 is 0. The highest BCUT2D eigenvalue weighted by atomic mass is 16.3. The minimum absolute atomic E-state index is 0.205. The molecule has 16 heavy (non-hydrogen) atoms. The molecule has 0 heterocycles. The molecule has 0 unspecified atom stereocenters. The summed E-state index contributed by atoms with van der Waals surface area (Å²) in [7, 11) is 0. The highest BCUT2D eigenvalue weighted by molar-refractivity contribution is 5.13. The van der Waals surface area contributed by atoms with Crippen LogP contribution < -0.4 is 0 Å². The molecule has 1 aliphatic carbocycles. The summed E-state index contributed by atoms with van der Waals surface area (Å²) in [4.78, 5) is 0. The van der Waals surface area contributed by atoms with E-state index in [1.165, 1.54) is 11.1 Å². The van der Waals surface area contributed by atoms with E-state index in [9.17, 15) is 5.11 Å². The molecule has 90 valence electrons. The van der Waals surface area contributed by atoms with Crippen LogP contribution in [-0.4, -0.2) is 11.2 Å². The smallest absolute Gasteiger partial charge is 0.0788 e. The topological polar surface area (TPSA) is 20.2 Å². The maximum absolute atomic E-state index is 10.2. The molecule has 0 bridgehead atoms. The molecule has 0 fully saturated rings. The Morgan fingerprint density at radius 1 is 1.31 bits per heavy atom. The van der Waals surface area contributed by atoms with E-state index < -0.39 is 0 Å². The molecule has 0 aliphatic heterocycles. The Balaban J connectivity index is 2.85. The quantitative estimate of drug-likeness (QED) is 0.662. The number of hydrogen-bond donors (Lipinski definition) is 1. The molecule has 2 atom stereocenters. The second-order valence-electron chi connectivity index (χ2n) is 5.08. The lowest BCUT2D eigenvalue weighted by molar-refractivity contribution is 0.164. The fourth-order valence-corrected chi connectivity index (χ4v) is 2.23. The van der Waals surface area contributed by atoms with E-state index in [1.54, 1.807) is 0 Å². The van der Waals surface area contributed by atoms with Crippen LogP contribution in [0.4, 0.5) is 0 Å². The van der Waals surface area contributed by atoms with Gasteiger partial charge in [0.05, 0.1) is 6.10 Å². The minimum Gasteiger partial charge on any atom is -0.388 e. The second-order valence-corrected chi connectivity index (χ2v) is 5.08. The number of hydrogen-bond acceptors (Lipinski definition) is 1. The highest BCUT2D eigenvalue weighted by Crippen LogP contribution is 2.25. The van der Waals surface area contributed by atoms with Crippen LogP contribution in [0.1, 0.15) is 46.5 Å². The van der Waals surface area contributed by atoms with Gasteiger partial charge in [0, 0.05) is 5.92 Å². The molecule has 0 amide bonds. The molecular formula is C15H24O. The fraction of sp³-hybridized carbons (Fsp3) is 0.600. The van der Waals surface area contributed by atoms with Gasteiger partial charge in [-0.1, -0.05) is 35.5 Å². The highest BCUT2D eigenvalue weighted by Gasteiger charge is 2.18. The Bertz CT molecular complexity index is 309. The first kappa shape index (κ1) is 13.2. The third-order valence-electron chi connectivity index (χ3n) is 3.38. The average molecular weight is 220 g/mol. The van der Waals surface area contributed by atoms with Gasteiger partial charge in [-0.25, -0.2) is 0 Å². The van der Waals surface area contributed by atoms with Crippen molar-refractivity contribution in [2.24, 2.45) is 5.92 Å². The van der Waals surface area contributed by atoms with Gasteiger partial charge in [0.25, 0.3) is 0 Å². The van der Waals surface area contributed by atoms with Crippen molar-refractivity contribution in [3.63, 3.8) is 0 Å². The van der Waals surface area contributed by atoms with E-state index in [0.29, 0.717) is 0 Å². The van der Waals surface area contributed by atoms with Crippen LogP contribution in [-0.2, 0) is 0 Å². The zero-order chi connectivity index (χ0) is 12.1. The minimum atomic E-state index is -0.358. The summed E-state index contributed by atoms with van der Waals surface area (Å²) in [6, 6.07) is 0. The summed E-state index contributed by atoms with van der Waals surface area (Å²) in [5.74, 6) is 0.205. The number of allylic oxidation sites excluding steroid dienone is 3. The van der Waals surface area contributed by atoms with Crippen molar-refractivity contribution in [1.82, 2.24) is 0 Å². The third-order valence-corrected chi connectivity index (χ3v) is 3.38. The van der Waals surface area contributed by atoms with Gasteiger partial charge in [0.1, 0.15) is 0 Å². The van der Waals surface area contributed by atoms with Crippen LogP contribution in [0.25, 0.3) is 0 Å². The molecule has 0 saturated heterocycles. The van der Waals surface area contributed by atoms with Crippen molar-refractivity contribution in [1.29, 1.82) is 0 Å². The summed E-state index contributed by atoms with van der Waals surface area (Å²) in [6.45, 7) is 10.3. The molecular weight excluding hydrogens is 196 g/mol. The van der Waals surface area contributed by atoms with E-state index in [-0.39, 0.29) is 12.0 Å². The Morgan fingerprint density at radius 2 is 2.00 bits per heavy atom. The predicted octanol–water partition coefficient (Wildman–Crippen LogP) is 4.01. The van der Waals surface area contributed by atoms with E-state index in [4.69, 9.17) is 0 Å². The number of aliphatic hydroxyl groups is 1. The molecule has 0 aromatic carbocycles.